The van der Waals surface area contributed by atoms with Crippen molar-refractivity contribution >= 4 is 29.7 Å². The number of carbonyl (C=O) groups is 5. The van der Waals surface area contributed by atoms with E-state index >= 15 is 0 Å². The van der Waals surface area contributed by atoms with Crippen molar-refractivity contribution in [3.05, 3.63) is 0 Å². The second kappa shape index (κ2) is 14.5. The Morgan fingerprint density at radius 2 is 1.15 bits per heavy atom. The Hall–Kier alpha value is -2.69. The van der Waals surface area contributed by atoms with Gasteiger partial charge in [0, 0.05) is 6.42 Å². The van der Waals surface area contributed by atoms with Crippen LogP contribution in [0.15, 0.2) is 0 Å². The lowest BCUT2D eigenvalue weighted by atomic mass is 9.98. The molecule has 11 heteroatoms. The molecule has 0 aromatic rings. The van der Waals surface area contributed by atoms with E-state index in [2.05, 4.69) is 16.0 Å². The predicted octanol–water partition coefficient (Wildman–Crippen LogP) is 0.466. The maximum Gasteiger partial charge on any atom is 0.326 e. The van der Waals surface area contributed by atoms with E-state index in [1.807, 2.05) is 27.7 Å². The van der Waals surface area contributed by atoms with Gasteiger partial charge in [-0.2, -0.15) is 0 Å². The van der Waals surface area contributed by atoms with Gasteiger partial charge >= 0.3 is 11.9 Å². The number of nitrogens with one attached hydrogen (secondary N) is 3. The Balaban J connectivity index is 5.47. The van der Waals surface area contributed by atoms with E-state index in [0.29, 0.717) is 0 Å². The molecule has 4 unspecified atom stereocenters. The lowest BCUT2D eigenvalue weighted by molar-refractivity contribution is -0.143. The second-order valence-corrected chi connectivity index (χ2v) is 9.49. The molecule has 33 heavy (non-hydrogen) atoms. The number of carboxylic acids is 2. The van der Waals surface area contributed by atoms with Crippen LogP contribution in [0.3, 0.4) is 0 Å². The molecule has 0 aromatic carbocycles. The van der Waals surface area contributed by atoms with Gasteiger partial charge in [0.05, 0.1) is 6.04 Å². The summed E-state index contributed by atoms with van der Waals surface area (Å²) in [5.41, 5.74) is 5.74. The van der Waals surface area contributed by atoms with Gasteiger partial charge in [-0.05, 0) is 37.0 Å². The third-order valence-corrected chi connectivity index (χ3v) is 4.92. The first-order chi connectivity index (χ1) is 15.1. The average Bonchev–Trinajstić information content (AvgIpc) is 2.67. The highest BCUT2D eigenvalue weighted by molar-refractivity contribution is 5.94. The standard InChI is InChI=1S/C22H40N4O7/c1-11(2)9-15(24-19(29)14(23)7-8-17(27)28)20(30)25-16(10-12(3)4)21(31)26-18(13(5)6)22(32)33/h11-16,18H,7-10,23H2,1-6H3,(H,24,29)(H,25,30)(H,26,31)(H,27,28)(H,32,33). The van der Waals surface area contributed by atoms with Gasteiger partial charge in [-0.3, -0.25) is 19.2 Å². The van der Waals surface area contributed by atoms with Crippen LogP contribution in [0.25, 0.3) is 0 Å². The summed E-state index contributed by atoms with van der Waals surface area (Å²) in [6, 6.07) is -4.19. The molecule has 0 rings (SSSR count). The number of carbonyl (C=O) groups excluding carboxylic acids is 3. The Kier molecular flexibility index (Phi) is 13.3. The molecule has 0 fully saturated rings. The van der Waals surface area contributed by atoms with E-state index < -0.39 is 53.8 Å². The van der Waals surface area contributed by atoms with E-state index in [4.69, 9.17) is 10.8 Å². The molecule has 4 atom stereocenters. The van der Waals surface area contributed by atoms with Gasteiger partial charge in [0.2, 0.25) is 17.7 Å². The maximum atomic E-state index is 13.0. The highest BCUT2D eigenvalue weighted by atomic mass is 16.4. The zero-order valence-corrected chi connectivity index (χ0v) is 20.4. The third kappa shape index (κ3) is 12.2. The van der Waals surface area contributed by atoms with Crippen molar-refractivity contribution in [1.29, 1.82) is 0 Å². The molecule has 0 heterocycles. The van der Waals surface area contributed by atoms with Crippen LogP contribution in [0, 0.1) is 17.8 Å². The second-order valence-electron chi connectivity index (χ2n) is 9.49. The molecule has 0 bridgehead atoms. The molecule has 0 saturated heterocycles. The van der Waals surface area contributed by atoms with E-state index in [0.717, 1.165) is 0 Å². The summed E-state index contributed by atoms with van der Waals surface area (Å²) in [5, 5.41) is 25.8. The Morgan fingerprint density at radius 1 is 0.727 bits per heavy atom. The van der Waals surface area contributed by atoms with Gasteiger partial charge in [-0.25, -0.2) is 4.79 Å². The van der Waals surface area contributed by atoms with E-state index in [1.54, 1.807) is 13.8 Å². The summed E-state index contributed by atoms with van der Waals surface area (Å²) in [6.07, 6.45) is 0.166. The highest BCUT2D eigenvalue weighted by Crippen LogP contribution is 2.11. The normalized spacial score (nSPS) is 15.0. The summed E-state index contributed by atoms with van der Waals surface area (Å²) < 4.78 is 0. The van der Waals surface area contributed by atoms with Crippen molar-refractivity contribution in [3.63, 3.8) is 0 Å². The molecular formula is C22H40N4O7. The maximum absolute atomic E-state index is 13.0. The summed E-state index contributed by atoms with van der Waals surface area (Å²) in [6.45, 7) is 10.8. The van der Waals surface area contributed by atoms with Crippen LogP contribution >= 0.6 is 0 Å². The number of rotatable bonds is 15. The molecule has 0 spiro atoms. The molecule has 7 N–H and O–H groups in total. The highest BCUT2D eigenvalue weighted by Gasteiger charge is 2.32. The molecule has 3 amide bonds. The fraction of sp³-hybridized carbons (Fsp3) is 0.773. The molecule has 0 aliphatic rings. The van der Waals surface area contributed by atoms with Crippen molar-refractivity contribution in [2.24, 2.45) is 23.5 Å². The van der Waals surface area contributed by atoms with Gasteiger partial charge in [0.15, 0.2) is 0 Å². The minimum Gasteiger partial charge on any atom is -0.481 e. The van der Waals surface area contributed by atoms with Crippen LogP contribution in [0.4, 0.5) is 0 Å². The van der Waals surface area contributed by atoms with Crippen molar-refractivity contribution in [1.82, 2.24) is 16.0 Å². The van der Waals surface area contributed by atoms with Gasteiger partial charge in [-0.15, -0.1) is 0 Å². The largest absolute Gasteiger partial charge is 0.481 e. The van der Waals surface area contributed by atoms with Crippen molar-refractivity contribution in [2.45, 2.75) is 91.4 Å². The fourth-order valence-electron chi connectivity index (χ4n) is 3.13. The van der Waals surface area contributed by atoms with Crippen LogP contribution in [-0.4, -0.2) is 64.0 Å². The number of carboxylic acid groups (broad SMARTS) is 2. The first-order valence-electron chi connectivity index (χ1n) is 11.3. The molecule has 0 aromatic heterocycles. The molecular weight excluding hydrogens is 432 g/mol. The number of hydrogen-bond acceptors (Lipinski definition) is 6. The minimum absolute atomic E-state index is 0.0194. The lowest BCUT2D eigenvalue weighted by Crippen LogP contribution is -2.58. The van der Waals surface area contributed by atoms with Crippen LogP contribution in [0.5, 0.6) is 0 Å². The van der Waals surface area contributed by atoms with Gasteiger partial charge in [-0.1, -0.05) is 41.5 Å². The van der Waals surface area contributed by atoms with Crippen molar-refractivity contribution in [2.75, 3.05) is 0 Å². The summed E-state index contributed by atoms with van der Waals surface area (Å²) in [4.78, 5) is 60.4. The summed E-state index contributed by atoms with van der Waals surface area (Å²) >= 11 is 0. The zero-order chi connectivity index (χ0) is 25.9. The van der Waals surface area contributed by atoms with Crippen molar-refractivity contribution in [3.8, 4) is 0 Å². The number of hydrogen-bond donors (Lipinski definition) is 6. The fourth-order valence-corrected chi connectivity index (χ4v) is 3.13. The van der Waals surface area contributed by atoms with Gasteiger partial charge < -0.3 is 31.9 Å². The van der Waals surface area contributed by atoms with Crippen LogP contribution < -0.4 is 21.7 Å². The number of nitrogens with two attached hydrogens (primary N) is 1. The first-order valence-corrected chi connectivity index (χ1v) is 11.3. The Labute approximate surface area is 195 Å². The third-order valence-electron chi connectivity index (χ3n) is 4.92. The Bertz CT molecular complexity index is 694. The average molecular weight is 473 g/mol. The minimum atomic E-state index is -1.17. The lowest BCUT2D eigenvalue weighted by Gasteiger charge is -2.27. The van der Waals surface area contributed by atoms with Crippen LogP contribution in [0.2, 0.25) is 0 Å². The number of aliphatic carboxylic acids is 2. The molecule has 0 saturated carbocycles. The number of amides is 3. The quantitative estimate of drug-likeness (QED) is 0.198. The van der Waals surface area contributed by atoms with E-state index in [1.165, 1.54) is 0 Å². The molecule has 0 aliphatic carbocycles. The smallest absolute Gasteiger partial charge is 0.326 e. The van der Waals surface area contributed by atoms with E-state index in [-0.39, 0.29) is 43.4 Å². The zero-order valence-electron chi connectivity index (χ0n) is 20.4. The van der Waals surface area contributed by atoms with Gasteiger partial charge in [0.1, 0.15) is 18.1 Å². The first kappa shape index (κ1) is 30.3. The Morgan fingerprint density at radius 3 is 1.52 bits per heavy atom. The molecule has 190 valence electrons. The topological polar surface area (TPSA) is 188 Å². The van der Waals surface area contributed by atoms with E-state index in [9.17, 15) is 29.1 Å². The van der Waals surface area contributed by atoms with Crippen molar-refractivity contribution < 1.29 is 34.2 Å². The molecule has 0 radical (unpaired) electrons. The molecule has 0 aliphatic heterocycles. The predicted molar refractivity (Wildman–Crippen MR) is 122 cm³/mol. The summed E-state index contributed by atoms with van der Waals surface area (Å²) in [7, 11) is 0. The summed E-state index contributed by atoms with van der Waals surface area (Å²) in [5.74, 6) is -4.45. The molecule has 11 nitrogen and oxygen atoms in total. The van der Waals surface area contributed by atoms with Gasteiger partial charge in [0.25, 0.3) is 0 Å². The monoisotopic (exact) mass is 472 g/mol. The SMILES string of the molecule is CC(C)CC(NC(=O)C(N)CCC(=O)O)C(=O)NC(CC(C)C)C(=O)NC(C(=O)O)C(C)C. The van der Waals surface area contributed by atoms with Crippen LogP contribution in [-0.2, 0) is 24.0 Å². The van der Waals surface area contributed by atoms with Crippen LogP contribution in [0.1, 0.15) is 67.2 Å².